The van der Waals surface area contributed by atoms with Gasteiger partial charge in [-0.15, -0.1) is 0 Å². The molecule has 2 aromatic rings. The van der Waals surface area contributed by atoms with Gasteiger partial charge >= 0.3 is 0 Å². The highest BCUT2D eigenvalue weighted by atomic mass is 16.2. The maximum Gasteiger partial charge on any atom is 0.272 e. The highest BCUT2D eigenvalue weighted by molar-refractivity contribution is 5.95. The Morgan fingerprint density at radius 2 is 2.06 bits per heavy atom. The van der Waals surface area contributed by atoms with Gasteiger partial charge in [-0.25, -0.2) is 4.98 Å². The Morgan fingerprint density at radius 3 is 2.83 bits per heavy atom. The minimum absolute atomic E-state index is 0.00505. The summed E-state index contributed by atoms with van der Waals surface area (Å²) in [6.45, 7) is 2.16. The smallest absolute Gasteiger partial charge is 0.272 e. The Kier molecular flexibility index (Phi) is 2.72. The molecule has 18 heavy (non-hydrogen) atoms. The summed E-state index contributed by atoms with van der Waals surface area (Å²) in [5.74, 6) is 0.458. The maximum atomic E-state index is 12.2. The normalized spacial score (nSPS) is 15.7. The summed E-state index contributed by atoms with van der Waals surface area (Å²) in [6.07, 6.45) is 0. The third-order valence-corrected chi connectivity index (χ3v) is 3.40. The van der Waals surface area contributed by atoms with Crippen molar-refractivity contribution in [2.45, 2.75) is 0 Å². The van der Waals surface area contributed by atoms with Crippen molar-refractivity contribution in [2.24, 2.45) is 11.7 Å². The first-order valence-corrected chi connectivity index (χ1v) is 6.13. The number of amides is 1. The summed E-state index contributed by atoms with van der Waals surface area (Å²) in [5.41, 5.74) is 6.93. The number of carbonyl (C=O) groups is 1. The average molecular weight is 241 g/mol. The van der Waals surface area contributed by atoms with Crippen LogP contribution in [0, 0.1) is 5.92 Å². The number of aromatic nitrogens is 1. The Morgan fingerprint density at radius 1 is 1.28 bits per heavy atom. The molecule has 1 amide bonds. The maximum absolute atomic E-state index is 12.2. The molecule has 4 nitrogen and oxygen atoms in total. The van der Waals surface area contributed by atoms with E-state index < -0.39 is 0 Å². The lowest BCUT2D eigenvalue weighted by Crippen LogP contribution is -2.52. The number of fused-ring (bicyclic) bond motifs is 1. The van der Waals surface area contributed by atoms with Gasteiger partial charge in [0, 0.05) is 24.4 Å². The first kappa shape index (κ1) is 11.2. The standard InChI is InChI=1S/C14H15N3O/c15-7-10-8-17(9-10)14(18)13-6-5-11-3-1-2-4-12(11)16-13/h1-6,10H,7-9,15H2. The van der Waals surface area contributed by atoms with E-state index in [0.717, 1.165) is 24.0 Å². The van der Waals surface area contributed by atoms with Crippen LogP contribution in [-0.2, 0) is 0 Å². The van der Waals surface area contributed by atoms with Gasteiger partial charge in [-0.2, -0.15) is 0 Å². The quantitative estimate of drug-likeness (QED) is 0.861. The first-order valence-electron chi connectivity index (χ1n) is 6.13. The van der Waals surface area contributed by atoms with Gasteiger partial charge in [0.15, 0.2) is 0 Å². The number of likely N-dealkylation sites (tertiary alicyclic amines) is 1. The molecule has 1 aromatic carbocycles. The van der Waals surface area contributed by atoms with E-state index >= 15 is 0 Å². The zero-order valence-electron chi connectivity index (χ0n) is 10.0. The number of nitrogens with two attached hydrogens (primary N) is 1. The summed E-state index contributed by atoms with van der Waals surface area (Å²) in [5, 5.41) is 1.05. The fourth-order valence-corrected chi connectivity index (χ4v) is 2.23. The zero-order chi connectivity index (χ0) is 12.5. The minimum atomic E-state index is 0.00505. The molecule has 3 rings (SSSR count). The molecular weight excluding hydrogens is 226 g/mol. The van der Waals surface area contributed by atoms with E-state index in [1.165, 1.54) is 0 Å². The molecule has 2 heterocycles. The number of nitrogens with zero attached hydrogens (tertiary/aromatic N) is 2. The first-order chi connectivity index (χ1) is 8.78. The second-order valence-electron chi connectivity index (χ2n) is 4.70. The number of para-hydroxylation sites is 1. The molecule has 0 bridgehead atoms. The second-order valence-corrected chi connectivity index (χ2v) is 4.70. The van der Waals surface area contributed by atoms with Crippen LogP contribution in [0.5, 0.6) is 0 Å². The summed E-state index contributed by atoms with van der Waals surface area (Å²) in [7, 11) is 0. The van der Waals surface area contributed by atoms with E-state index in [4.69, 9.17) is 5.73 Å². The molecule has 1 saturated heterocycles. The van der Waals surface area contributed by atoms with E-state index in [1.54, 1.807) is 11.0 Å². The number of hydrogen-bond acceptors (Lipinski definition) is 3. The predicted molar refractivity (Wildman–Crippen MR) is 70.2 cm³/mol. The number of pyridine rings is 1. The molecule has 1 aromatic heterocycles. The molecule has 0 radical (unpaired) electrons. The highest BCUT2D eigenvalue weighted by Gasteiger charge is 2.30. The number of rotatable bonds is 2. The van der Waals surface area contributed by atoms with Crippen LogP contribution in [0.3, 0.4) is 0 Å². The van der Waals surface area contributed by atoms with Crippen LogP contribution in [0.4, 0.5) is 0 Å². The number of hydrogen-bond donors (Lipinski definition) is 1. The van der Waals surface area contributed by atoms with Crippen LogP contribution >= 0.6 is 0 Å². The molecule has 0 atom stereocenters. The zero-order valence-corrected chi connectivity index (χ0v) is 10.0. The van der Waals surface area contributed by atoms with E-state index in [-0.39, 0.29) is 5.91 Å². The van der Waals surface area contributed by atoms with Crippen LogP contribution in [0.25, 0.3) is 10.9 Å². The van der Waals surface area contributed by atoms with Crippen LogP contribution in [0.2, 0.25) is 0 Å². The number of benzene rings is 1. The molecule has 0 saturated carbocycles. The monoisotopic (exact) mass is 241 g/mol. The summed E-state index contributed by atoms with van der Waals surface area (Å²) in [6, 6.07) is 11.5. The molecule has 0 unspecified atom stereocenters. The molecule has 2 N–H and O–H groups in total. The molecule has 1 aliphatic heterocycles. The fourth-order valence-electron chi connectivity index (χ4n) is 2.23. The predicted octanol–water partition coefficient (Wildman–Crippen LogP) is 1.27. The van der Waals surface area contributed by atoms with Gasteiger partial charge in [0.05, 0.1) is 5.52 Å². The lowest BCUT2D eigenvalue weighted by molar-refractivity contribution is 0.0510. The van der Waals surface area contributed by atoms with Gasteiger partial charge in [-0.3, -0.25) is 4.79 Å². The van der Waals surface area contributed by atoms with Gasteiger partial charge in [0.2, 0.25) is 0 Å². The molecule has 0 spiro atoms. The van der Waals surface area contributed by atoms with Crippen molar-refractivity contribution in [1.82, 2.24) is 9.88 Å². The van der Waals surface area contributed by atoms with E-state index in [9.17, 15) is 4.79 Å². The Labute approximate surface area is 105 Å². The molecule has 1 aliphatic rings. The van der Waals surface area contributed by atoms with Crippen molar-refractivity contribution in [2.75, 3.05) is 19.6 Å². The van der Waals surface area contributed by atoms with Crippen LogP contribution < -0.4 is 5.73 Å². The van der Waals surface area contributed by atoms with Gasteiger partial charge in [0.1, 0.15) is 5.69 Å². The number of carbonyl (C=O) groups excluding carboxylic acids is 1. The largest absolute Gasteiger partial charge is 0.337 e. The Balaban J connectivity index is 1.84. The SMILES string of the molecule is NCC1CN(C(=O)c2ccc3ccccc3n2)C1. The van der Waals surface area contributed by atoms with Crippen molar-refractivity contribution in [3.05, 3.63) is 42.1 Å². The topological polar surface area (TPSA) is 59.2 Å². The van der Waals surface area contributed by atoms with Crippen LogP contribution in [0.15, 0.2) is 36.4 Å². The van der Waals surface area contributed by atoms with Gasteiger partial charge in [0.25, 0.3) is 5.91 Å². The van der Waals surface area contributed by atoms with E-state index in [0.29, 0.717) is 18.2 Å². The molecule has 0 aliphatic carbocycles. The van der Waals surface area contributed by atoms with Gasteiger partial charge in [-0.05, 0) is 18.7 Å². The van der Waals surface area contributed by atoms with E-state index in [2.05, 4.69) is 4.98 Å². The lowest BCUT2D eigenvalue weighted by atomic mass is 10.00. The van der Waals surface area contributed by atoms with Gasteiger partial charge in [-0.1, -0.05) is 24.3 Å². The summed E-state index contributed by atoms with van der Waals surface area (Å²) < 4.78 is 0. The van der Waals surface area contributed by atoms with E-state index in [1.807, 2.05) is 30.3 Å². The molecule has 92 valence electrons. The van der Waals surface area contributed by atoms with Crippen molar-refractivity contribution in [1.29, 1.82) is 0 Å². The lowest BCUT2D eigenvalue weighted by Gasteiger charge is -2.38. The Hall–Kier alpha value is -1.94. The molecule has 1 fully saturated rings. The highest BCUT2D eigenvalue weighted by Crippen LogP contribution is 2.18. The summed E-state index contributed by atoms with van der Waals surface area (Å²) >= 11 is 0. The average Bonchev–Trinajstić information content (AvgIpc) is 2.37. The Bertz CT molecular complexity index is 590. The molecule has 4 heteroatoms. The van der Waals surface area contributed by atoms with Gasteiger partial charge < -0.3 is 10.6 Å². The third kappa shape index (κ3) is 1.84. The van der Waals surface area contributed by atoms with Crippen molar-refractivity contribution >= 4 is 16.8 Å². The third-order valence-electron chi connectivity index (χ3n) is 3.40. The second kappa shape index (κ2) is 4.38. The molecular formula is C14H15N3O. The van der Waals surface area contributed by atoms with Crippen molar-refractivity contribution < 1.29 is 4.79 Å². The fraction of sp³-hybridized carbons (Fsp3) is 0.286. The van der Waals surface area contributed by atoms with Crippen molar-refractivity contribution in [3.63, 3.8) is 0 Å². The summed E-state index contributed by atoms with van der Waals surface area (Å²) in [4.78, 5) is 18.4. The van der Waals surface area contributed by atoms with Crippen LogP contribution in [0.1, 0.15) is 10.5 Å². The van der Waals surface area contributed by atoms with Crippen molar-refractivity contribution in [3.8, 4) is 0 Å². The van der Waals surface area contributed by atoms with Crippen LogP contribution in [-0.4, -0.2) is 35.4 Å². The minimum Gasteiger partial charge on any atom is -0.337 e.